The van der Waals surface area contributed by atoms with E-state index in [4.69, 9.17) is 5.11 Å². The van der Waals surface area contributed by atoms with Crippen LogP contribution in [-0.4, -0.2) is 15.9 Å². The molecule has 0 aliphatic carbocycles. The molecule has 4 heteroatoms. The summed E-state index contributed by atoms with van der Waals surface area (Å²) in [7, 11) is 0. The quantitative estimate of drug-likeness (QED) is 0.176. The number of benzene rings is 3. The zero-order valence-corrected chi connectivity index (χ0v) is 19.2. The topological polar surface area (TPSA) is 50.2 Å². The summed E-state index contributed by atoms with van der Waals surface area (Å²) in [6, 6.07) is 30.3. The van der Waals surface area contributed by atoms with Gasteiger partial charge in [0.05, 0.1) is 5.76 Å². The Morgan fingerprint density at radius 2 is 1.63 bits per heavy atom. The molecule has 1 N–H and O–H groups in total. The number of nitrogens with zero attached hydrogens (tertiary/aromatic N) is 1. The zero-order valence-electron chi connectivity index (χ0n) is 16.8. The Kier molecular flexibility index (Phi) is 8.67. The first-order valence-electron chi connectivity index (χ1n) is 9.34. The van der Waals surface area contributed by atoms with E-state index in [9.17, 15) is 4.79 Å². The molecule has 0 unspecified atom stereocenters. The number of carbonyl (C=O) groups excluding carboxylic acids is 1. The average Bonchev–Trinajstić information content (AvgIpc) is 2.73. The van der Waals surface area contributed by atoms with Crippen LogP contribution in [-0.2, 0) is 24.9 Å². The van der Waals surface area contributed by atoms with Crippen LogP contribution < -0.4 is 0 Å². The van der Waals surface area contributed by atoms with E-state index in [0.29, 0.717) is 0 Å². The predicted octanol–water partition coefficient (Wildman–Crippen LogP) is 6.40. The molecule has 3 nitrogen and oxygen atoms in total. The van der Waals surface area contributed by atoms with Gasteiger partial charge in [0.1, 0.15) is 0 Å². The minimum absolute atomic E-state index is 0. The van der Waals surface area contributed by atoms with E-state index in [2.05, 4.69) is 71.7 Å². The Hall–Kier alpha value is -3.07. The minimum atomic E-state index is -0.125. The van der Waals surface area contributed by atoms with Gasteiger partial charge in [-0.3, -0.25) is 4.79 Å². The Morgan fingerprint density at radius 1 is 0.933 bits per heavy atom. The van der Waals surface area contributed by atoms with Gasteiger partial charge in [0.2, 0.25) is 0 Å². The maximum atomic E-state index is 10.0. The number of carbonyl (C=O) groups is 1. The van der Waals surface area contributed by atoms with Gasteiger partial charge in [-0.1, -0.05) is 66.0 Å². The fourth-order valence-electron chi connectivity index (χ4n) is 3.11. The van der Waals surface area contributed by atoms with Gasteiger partial charge in [0, 0.05) is 32.4 Å². The monoisotopic (exact) mass is 573 g/mol. The Balaban J connectivity index is 0.000000350. The molecule has 0 saturated carbocycles. The fraction of sp³-hybridized carbons (Fsp3) is 0.0769. The molecule has 1 aromatic heterocycles. The summed E-state index contributed by atoms with van der Waals surface area (Å²) in [5.74, 6) is -0.0625. The van der Waals surface area contributed by atoms with Crippen LogP contribution in [0.2, 0.25) is 0 Å². The molecule has 4 rings (SSSR count). The van der Waals surface area contributed by atoms with E-state index in [0.717, 1.165) is 16.8 Å². The number of hydrogen-bond donors (Lipinski definition) is 1. The van der Waals surface area contributed by atoms with Gasteiger partial charge >= 0.3 is 0 Å². The van der Waals surface area contributed by atoms with Crippen LogP contribution in [0.3, 0.4) is 0 Å². The molecular formula is C26H22IrNO2-. The zero-order chi connectivity index (χ0) is 20.6. The van der Waals surface area contributed by atoms with Crippen LogP contribution >= 0.6 is 0 Å². The number of rotatable bonds is 3. The van der Waals surface area contributed by atoms with Crippen molar-refractivity contribution in [2.75, 3.05) is 0 Å². The summed E-state index contributed by atoms with van der Waals surface area (Å²) >= 11 is 0. The smallest absolute Gasteiger partial charge is 0.155 e. The van der Waals surface area contributed by atoms with E-state index < -0.39 is 0 Å². The second-order valence-electron chi connectivity index (χ2n) is 6.60. The summed E-state index contributed by atoms with van der Waals surface area (Å²) in [5.41, 5.74) is 4.34. The summed E-state index contributed by atoms with van der Waals surface area (Å²) in [4.78, 5) is 14.7. The third-order valence-corrected chi connectivity index (χ3v) is 4.26. The predicted molar refractivity (Wildman–Crippen MR) is 119 cm³/mol. The Bertz CT molecular complexity index is 1140. The molecule has 3 aromatic carbocycles. The van der Waals surface area contributed by atoms with E-state index in [1.165, 1.54) is 36.3 Å². The van der Waals surface area contributed by atoms with Crippen molar-refractivity contribution in [3.8, 4) is 22.4 Å². The number of aromatic nitrogens is 1. The first-order valence-corrected chi connectivity index (χ1v) is 9.34. The first kappa shape index (κ1) is 23.2. The second-order valence-corrected chi connectivity index (χ2v) is 6.60. The van der Waals surface area contributed by atoms with Crippen molar-refractivity contribution in [3.05, 3.63) is 103 Å². The van der Waals surface area contributed by atoms with Crippen molar-refractivity contribution in [1.82, 2.24) is 4.98 Å². The second kappa shape index (κ2) is 11.2. The molecule has 30 heavy (non-hydrogen) atoms. The van der Waals surface area contributed by atoms with Gasteiger partial charge in [-0.05, 0) is 36.7 Å². The van der Waals surface area contributed by atoms with E-state index in [-0.39, 0.29) is 31.6 Å². The third-order valence-electron chi connectivity index (χ3n) is 4.26. The molecule has 0 aliphatic heterocycles. The van der Waals surface area contributed by atoms with Crippen LogP contribution in [0.4, 0.5) is 0 Å². The van der Waals surface area contributed by atoms with E-state index in [1.54, 1.807) is 0 Å². The van der Waals surface area contributed by atoms with Crippen molar-refractivity contribution in [3.63, 3.8) is 0 Å². The maximum absolute atomic E-state index is 10.0. The van der Waals surface area contributed by atoms with Crippen molar-refractivity contribution in [2.24, 2.45) is 0 Å². The minimum Gasteiger partial charge on any atom is -0.512 e. The van der Waals surface area contributed by atoms with Gasteiger partial charge in [-0.15, -0.1) is 29.1 Å². The molecule has 0 bridgehead atoms. The van der Waals surface area contributed by atoms with Crippen molar-refractivity contribution < 1.29 is 30.0 Å². The molecule has 153 valence electrons. The molecule has 0 fully saturated rings. The van der Waals surface area contributed by atoms with Gasteiger partial charge in [-0.2, -0.15) is 0 Å². The molecular weight excluding hydrogens is 551 g/mol. The number of pyridine rings is 1. The molecule has 0 amide bonds. The van der Waals surface area contributed by atoms with Gasteiger partial charge in [0.15, 0.2) is 5.78 Å². The fourth-order valence-corrected chi connectivity index (χ4v) is 3.11. The van der Waals surface area contributed by atoms with Crippen molar-refractivity contribution in [1.29, 1.82) is 0 Å². The number of aliphatic hydroxyl groups excluding tert-OH is 1. The maximum Gasteiger partial charge on any atom is 0.155 e. The number of hydrogen-bond acceptors (Lipinski definition) is 3. The number of fused-ring (bicyclic) bond motifs is 1. The van der Waals surface area contributed by atoms with Crippen molar-refractivity contribution in [2.45, 2.75) is 13.8 Å². The number of allylic oxidation sites excluding steroid dienone is 2. The van der Waals surface area contributed by atoms with Crippen LogP contribution in [0, 0.1) is 6.07 Å². The average molecular weight is 573 g/mol. The largest absolute Gasteiger partial charge is 0.512 e. The van der Waals surface area contributed by atoms with Gasteiger partial charge in [-0.25, -0.2) is 0 Å². The summed E-state index contributed by atoms with van der Waals surface area (Å²) < 4.78 is 0. The molecule has 0 aliphatic rings. The Labute approximate surface area is 190 Å². The van der Waals surface area contributed by atoms with Crippen LogP contribution in [0.1, 0.15) is 13.8 Å². The number of aliphatic hydroxyl groups is 1. The molecule has 0 saturated heterocycles. The molecule has 1 heterocycles. The molecule has 1 radical (unpaired) electrons. The van der Waals surface area contributed by atoms with Gasteiger partial charge < -0.3 is 10.1 Å². The Morgan fingerprint density at radius 3 is 2.30 bits per heavy atom. The SMILES string of the molecule is CC(=O)/C=C(/C)O.[Ir].[c-]1ccc2ccccc2c1-c1ncccc1-c1ccccc1. The number of ketones is 1. The standard InChI is InChI=1S/C21H14N.C5H8O2.Ir/c1-2-8-17(9-3-1)19-14-7-15-22-21(19)20-13-6-11-16-10-4-5-12-18(16)20;1-4(6)3-5(2)7;/h1-12,14-15H;3,6H,1-2H3;/q-1;;/b;4-3-;. The third kappa shape index (κ3) is 5.96. The summed E-state index contributed by atoms with van der Waals surface area (Å²) in [6.45, 7) is 2.85. The van der Waals surface area contributed by atoms with Crippen LogP contribution in [0.15, 0.2) is 96.9 Å². The molecule has 0 atom stereocenters. The molecule has 0 spiro atoms. The first-order chi connectivity index (χ1) is 14.1. The summed E-state index contributed by atoms with van der Waals surface area (Å²) in [5, 5.41) is 10.8. The molecule has 4 aromatic rings. The van der Waals surface area contributed by atoms with Crippen LogP contribution in [0.25, 0.3) is 33.2 Å². The van der Waals surface area contributed by atoms with Crippen molar-refractivity contribution >= 4 is 16.6 Å². The van der Waals surface area contributed by atoms with E-state index >= 15 is 0 Å². The summed E-state index contributed by atoms with van der Waals surface area (Å²) in [6.07, 6.45) is 3.01. The van der Waals surface area contributed by atoms with Crippen LogP contribution in [0.5, 0.6) is 0 Å². The normalized spacial score (nSPS) is 10.5. The van der Waals surface area contributed by atoms with Gasteiger partial charge in [0.25, 0.3) is 0 Å². The van der Waals surface area contributed by atoms with E-state index in [1.807, 2.05) is 24.4 Å².